The van der Waals surface area contributed by atoms with Crippen LogP contribution in [-0.2, 0) is 11.4 Å². The Morgan fingerprint density at radius 2 is 1.46 bits per heavy atom. The zero-order valence-electron chi connectivity index (χ0n) is 26.2. The number of ether oxygens (including phenoxy) is 1. The van der Waals surface area contributed by atoms with Gasteiger partial charge in [-0.3, -0.25) is 4.79 Å². The number of carbonyl (C=O) groups excluding carboxylic acids is 1. The standard InChI is InChI=1S/C40H31ClN4O2S/c1-28-16-22-35(23-17-28)48-27-38-36(40(46)45(42-38)33-13-6-3-7-14-33)24-31-25-44(32-11-4-2-5-12-32)43-39(31)29-18-20-34(21-19-29)47-26-30-10-8-9-15-37(30)41/h2-25H,26-27H2,1H3. The Bertz CT molecular complexity index is 2110. The predicted molar refractivity (Wildman–Crippen MR) is 196 cm³/mol. The first-order valence-electron chi connectivity index (χ1n) is 15.5. The normalized spacial score (nSPS) is 13.6. The number of anilines is 1. The van der Waals surface area contributed by atoms with Crippen LogP contribution in [0.1, 0.15) is 16.7 Å². The second kappa shape index (κ2) is 14.2. The zero-order valence-corrected chi connectivity index (χ0v) is 27.7. The summed E-state index contributed by atoms with van der Waals surface area (Å²) >= 11 is 7.98. The fraction of sp³-hybridized carbons (Fsp3) is 0.0750. The molecule has 6 aromatic rings. The van der Waals surface area contributed by atoms with Crippen molar-refractivity contribution in [2.45, 2.75) is 18.4 Å². The van der Waals surface area contributed by atoms with Crippen LogP contribution in [0.25, 0.3) is 23.0 Å². The Hall–Kier alpha value is -5.37. The molecular weight excluding hydrogens is 636 g/mol. The van der Waals surface area contributed by atoms with E-state index in [4.69, 9.17) is 26.5 Å². The molecule has 0 unspecified atom stereocenters. The fourth-order valence-corrected chi connectivity index (χ4v) is 6.35. The van der Waals surface area contributed by atoms with Crippen LogP contribution in [0.2, 0.25) is 5.02 Å². The van der Waals surface area contributed by atoms with Crippen molar-refractivity contribution in [2.75, 3.05) is 10.8 Å². The lowest BCUT2D eigenvalue weighted by molar-refractivity contribution is -0.114. The lowest BCUT2D eigenvalue weighted by atomic mass is 10.0. The molecule has 0 saturated carbocycles. The van der Waals surface area contributed by atoms with Crippen LogP contribution in [0.4, 0.5) is 5.69 Å². The summed E-state index contributed by atoms with van der Waals surface area (Å²) in [6, 6.07) is 43.3. The van der Waals surface area contributed by atoms with Crippen molar-refractivity contribution in [2.24, 2.45) is 5.10 Å². The van der Waals surface area contributed by atoms with Crippen LogP contribution >= 0.6 is 23.4 Å². The van der Waals surface area contributed by atoms with Crippen LogP contribution in [0.5, 0.6) is 5.75 Å². The van der Waals surface area contributed by atoms with E-state index in [0.29, 0.717) is 34.4 Å². The molecule has 236 valence electrons. The number of hydrogen-bond acceptors (Lipinski definition) is 5. The largest absolute Gasteiger partial charge is 0.489 e. The molecule has 1 aromatic heterocycles. The van der Waals surface area contributed by atoms with E-state index in [9.17, 15) is 4.79 Å². The quantitative estimate of drug-likeness (QED) is 0.108. The first-order chi connectivity index (χ1) is 23.5. The number of halogens is 1. The number of para-hydroxylation sites is 2. The van der Waals surface area contributed by atoms with Gasteiger partial charge in [0.15, 0.2) is 0 Å². The summed E-state index contributed by atoms with van der Waals surface area (Å²) in [5.74, 6) is 1.07. The van der Waals surface area contributed by atoms with E-state index >= 15 is 0 Å². The highest BCUT2D eigenvalue weighted by Crippen LogP contribution is 2.32. The number of thioether (sulfide) groups is 1. The molecule has 8 heteroatoms. The summed E-state index contributed by atoms with van der Waals surface area (Å²) in [7, 11) is 0. The number of aryl methyl sites for hydroxylation is 1. The molecule has 1 aliphatic heterocycles. The third kappa shape index (κ3) is 6.98. The zero-order chi connectivity index (χ0) is 32.9. The molecule has 0 saturated heterocycles. The lowest BCUT2D eigenvalue weighted by Crippen LogP contribution is -2.21. The van der Waals surface area contributed by atoms with Crippen molar-refractivity contribution in [3.63, 3.8) is 0 Å². The number of carbonyl (C=O) groups is 1. The summed E-state index contributed by atoms with van der Waals surface area (Å²) in [4.78, 5) is 15.2. The second-order valence-corrected chi connectivity index (χ2v) is 12.7. The molecule has 0 radical (unpaired) electrons. The molecule has 0 spiro atoms. The van der Waals surface area contributed by atoms with Crippen molar-refractivity contribution in [3.05, 3.63) is 167 Å². The molecule has 1 amide bonds. The molecular formula is C40H31ClN4O2S. The summed E-state index contributed by atoms with van der Waals surface area (Å²) in [6.45, 7) is 2.43. The first-order valence-corrected chi connectivity index (χ1v) is 16.9. The Balaban J connectivity index is 1.24. The first kappa shape index (κ1) is 31.2. The van der Waals surface area contributed by atoms with Crippen LogP contribution < -0.4 is 9.75 Å². The van der Waals surface area contributed by atoms with Gasteiger partial charge in [-0.15, -0.1) is 11.8 Å². The number of aromatic nitrogens is 2. The molecule has 0 atom stereocenters. The van der Waals surface area contributed by atoms with Gasteiger partial charge < -0.3 is 4.74 Å². The molecule has 0 fully saturated rings. The van der Waals surface area contributed by atoms with Gasteiger partial charge in [-0.05, 0) is 79.7 Å². The Kier molecular flexibility index (Phi) is 9.23. The van der Waals surface area contributed by atoms with Crippen LogP contribution in [0.3, 0.4) is 0 Å². The Morgan fingerprint density at radius 1 is 0.792 bits per heavy atom. The third-order valence-corrected chi connectivity index (χ3v) is 9.29. The van der Waals surface area contributed by atoms with E-state index in [0.717, 1.165) is 38.7 Å². The minimum absolute atomic E-state index is 0.178. The maximum atomic E-state index is 14.0. The van der Waals surface area contributed by atoms with Gasteiger partial charge in [0.1, 0.15) is 12.4 Å². The number of rotatable bonds is 10. The fourth-order valence-electron chi connectivity index (χ4n) is 5.31. The monoisotopic (exact) mass is 666 g/mol. The maximum absolute atomic E-state index is 14.0. The van der Waals surface area contributed by atoms with E-state index in [-0.39, 0.29) is 5.91 Å². The smallest absolute Gasteiger partial charge is 0.280 e. The minimum Gasteiger partial charge on any atom is -0.489 e. The van der Waals surface area contributed by atoms with Crippen molar-refractivity contribution >= 4 is 46.7 Å². The SMILES string of the molecule is Cc1ccc(SCC2=NN(c3ccccc3)C(=O)C2=Cc2cn(-c3ccccc3)nc2-c2ccc(OCc3ccccc3Cl)cc2)cc1. The Morgan fingerprint density at radius 3 is 2.17 bits per heavy atom. The summed E-state index contributed by atoms with van der Waals surface area (Å²) in [5, 5.41) is 12.0. The highest BCUT2D eigenvalue weighted by Gasteiger charge is 2.31. The van der Waals surface area contributed by atoms with Crippen molar-refractivity contribution in [1.29, 1.82) is 0 Å². The lowest BCUT2D eigenvalue weighted by Gasteiger charge is -2.11. The van der Waals surface area contributed by atoms with Gasteiger partial charge in [-0.2, -0.15) is 15.2 Å². The summed E-state index contributed by atoms with van der Waals surface area (Å²) in [5.41, 5.74) is 7.42. The average molecular weight is 667 g/mol. The molecule has 6 nitrogen and oxygen atoms in total. The van der Waals surface area contributed by atoms with Crippen LogP contribution in [0, 0.1) is 6.92 Å². The van der Waals surface area contributed by atoms with E-state index in [1.54, 1.807) is 11.8 Å². The number of hydrogen-bond donors (Lipinski definition) is 0. The predicted octanol–water partition coefficient (Wildman–Crippen LogP) is 9.66. The molecule has 48 heavy (non-hydrogen) atoms. The van der Waals surface area contributed by atoms with E-state index in [2.05, 4.69) is 31.2 Å². The number of nitrogens with zero attached hydrogens (tertiary/aromatic N) is 4. The highest BCUT2D eigenvalue weighted by molar-refractivity contribution is 8.00. The molecule has 0 aliphatic carbocycles. The van der Waals surface area contributed by atoms with Crippen LogP contribution in [-0.4, -0.2) is 27.2 Å². The van der Waals surface area contributed by atoms with Crippen molar-refractivity contribution in [3.8, 4) is 22.7 Å². The minimum atomic E-state index is -0.178. The van der Waals surface area contributed by atoms with E-state index in [1.807, 2.05) is 126 Å². The molecule has 0 N–H and O–H groups in total. The maximum Gasteiger partial charge on any atom is 0.280 e. The molecule has 5 aromatic carbocycles. The third-order valence-electron chi connectivity index (χ3n) is 7.89. The second-order valence-electron chi connectivity index (χ2n) is 11.3. The van der Waals surface area contributed by atoms with Gasteiger partial charge in [-0.25, -0.2) is 4.68 Å². The molecule has 1 aliphatic rings. The molecule has 0 bridgehead atoms. The number of benzene rings is 5. The van der Waals surface area contributed by atoms with Gasteiger partial charge in [0, 0.05) is 38.6 Å². The van der Waals surface area contributed by atoms with E-state index in [1.165, 1.54) is 10.6 Å². The van der Waals surface area contributed by atoms with Crippen molar-refractivity contribution in [1.82, 2.24) is 9.78 Å². The van der Waals surface area contributed by atoms with Crippen LogP contribution in [0.15, 0.2) is 155 Å². The topological polar surface area (TPSA) is 59.7 Å². The average Bonchev–Trinajstić information content (AvgIpc) is 3.69. The van der Waals surface area contributed by atoms with Gasteiger partial charge in [0.25, 0.3) is 5.91 Å². The Labute approximate surface area is 289 Å². The molecule has 2 heterocycles. The van der Waals surface area contributed by atoms with Gasteiger partial charge in [-0.1, -0.05) is 83.9 Å². The van der Waals surface area contributed by atoms with E-state index < -0.39 is 0 Å². The van der Waals surface area contributed by atoms with Gasteiger partial charge >= 0.3 is 0 Å². The van der Waals surface area contributed by atoms with Gasteiger partial charge in [0.05, 0.1) is 28.4 Å². The molecule has 7 rings (SSSR count). The summed E-state index contributed by atoms with van der Waals surface area (Å²) < 4.78 is 7.88. The number of hydrazone groups is 1. The van der Waals surface area contributed by atoms with Gasteiger partial charge in [0.2, 0.25) is 0 Å². The number of amides is 1. The highest BCUT2D eigenvalue weighted by atomic mass is 35.5. The summed E-state index contributed by atoms with van der Waals surface area (Å²) in [6.07, 6.45) is 3.88. The van der Waals surface area contributed by atoms with Crippen molar-refractivity contribution < 1.29 is 9.53 Å².